The minimum atomic E-state index is -5.72. The highest BCUT2D eigenvalue weighted by molar-refractivity contribution is 5.64. The zero-order valence-electron chi connectivity index (χ0n) is 8.18. The van der Waals surface area contributed by atoms with Gasteiger partial charge >= 0.3 is 12.4 Å². The zero-order chi connectivity index (χ0) is 14.5. The molecule has 2 nitrogen and oxygen atoms in total. The van der Waals surface area contributed by atoms with Crippen LogP contribution in [0, 0.1) is 11.6 Å². The van der Waals surface area contributed by atoms with Crippen LogP contribution in [0.3, 0.4) is 0 Å². The molecule has 0 spiro atoms. The maximum Gasteiger partial charge on any atom is 0.419 e. The molecule has 0 heterocycles. The normalized spacial score (nSPS) is 12.9. The Labute approximate surface area is 94.2 Å². The molecule has 0 atom stereocenters. The predicted molar refractivity (Wildman–Crippen MR) is 45.2 cm³/mol. The molecule has 0 aliphatic carbocycles. The van der Waals surface area contributed by atoms with Gasteiger partial charge in [0.15, 0.2) is 11.6 Å². The summed E-state index contributed by atoms with van der Waals surface area (Å²) >= 11 is 0. The Morgan fingerprint density at radius 1 is 0.611 bits per heavy atom. The van der Waals surface area contributed by atoms with Crippen LogP contribution in [-0.4, -0.2) is 0 Å². The number of nitrogens with two attached hydrogens (primary N) is 2. The molecule has 0 saturated carbocycles. The molecule has 0 aromatic heterocycles. The van der Waals surface area contributed by atoms with Crippen LogP contribution in [0.2, 0.25) is 0 Å². The lowest BCUT2D eigenvalue weighted by atomic mass is 10.0. The third-order valence-corrected chi connectivity index (χ3v) is 2.02. The lowest BCUT2D eigenvalue weighted by Gasteiger charge is -2.19. The van der Waals surface area contributed by atoms with Crippen molar-refractivity contribution in [3.05, 3.63) is 22.8 Å². The molecule has 0 saturated heterocycles. The molecule has 0 aliphatic heterocycles. The molecule has 18 heavy (non-hydrogen) atoms. The van der Waals surface area contributed by atoms with Gasteiger partial charge < -0.3 is 11.5 Å². The topological polar surface area (TPSA) is 52.0 Å². The van der Waals surface area contributed by atoms with Crippen LogP contribution in [0.1, 0.15) is 11.1 Å². The Morgan fingerprint density at radius 3 is 1.33 bits per heavy atom. The second-order valence-corrected chi connectivity index (χ2v) is 3.20. The van der Waals surface area contributed by atoms with Gasteiger partial charge in [-0.15, -0.1) is 0 Å². The molecule has 1 rings (SSSR count). The number of hydrogen-bond donors (Lipinski definition) is 2. The Hall–Kier alpha value is -1.74. The van der Waals surface area contributed by atoms with E-state index in [0.717, 1.165) is 0 Å². The minimum Gasteiger partial charge on any atom is -0.396 e. The molecule has 1 aromatic carbocycles. The molecule has 0 aliphatic rings. The number of nitrogen functional groups attached to an aromatic ring is 2. The largest absolute Gasteiger partial charge is 0.419 e. The summed E-state index contributed by atoms with van der Waals surface area (Å²) in [6, 6.07) is 0. The van der Waals surface area contributed by atoms with Crippen LogP contribution in [0.4, 0.5) is 46.5 Å². The van der Waals surface area contributed by atoms with E-state index in [4.69, 9.17) is 0 Å². The lowest BCUT2D eigenvalue weighted by Crippen LogP contribution is -2.23. The fourth-order valence-corrected chi connectivity index (χ4v) is 1.29. The maximum absolute atomic E-state index is 13.1. The third-order valence-electron chi connectivity index (χ3n) is 2.02. The molecular formula is C8H4F8N2. The number of halogens is 8. The van der Waals surface area contributed by atoms with Crippen molar-refractivity contribution in [2.45, 2.75) is 12.4 Å². The summed E-state index contributed by atoms with van der Waals surface area (Å²) in [5.41, 5.74) is 0.224. The van der Waals surface area contributed by atoms with Gasteiger partial charge in [-0.05, 0) is 0 Å². The molecule has 102 valence electrons. The summed E-state index contributed by atoms with van der Waals surface area (Å²) in [5.74, 6) is -4.62. The smallest absolute Gasteiger partial charge is 0.396 e. The van der Waals surface area contributed by atoms with Gasteiger partial charge in [-0.25, -0.2) is 8.78 Å². The molecule has 0 bridgehead atoms. The highest BCUT2D eigenvalue weighted by Gasteiger charge is 2.49. The quantitative estimate of drug-likeness (QED) is 0.566. The van der Waals surface area contributed by atoms with Crippen molar-refractivity contribution in [1.29, 1.82) is 0 Å². The SMILES string of the molecule is Nc1c(F)c(N)c(C(F)(F)F)c(C(F)(F)F)c1F. The van der Waals surface area contributed by atoms with Gasteiger partial charge in [0, 0.05) is 0 Å². The van der Waals surface area contributed by atoms with Crippen molar-refractivity contribution in [1.82, 2.24) is 0 Å². The van der Waals surface area contributed by atoms with Crippen molar-refractivity contribution in [3.63, 3.8) is 0 Å². The van der Waals surface area contributed by atoms with Crippen LogP contribution in [0.5, 0.6) is 0 Å². The molecule has 1 aromatic rings. The van der Waals surface area contributed by atoms with E-state index in [1.807, 2.05) is 0 Å². The van der Waals surface area contributed by atoms with E-state index in [1.165, 1.54) is 0 Å². The van der Waals surface area contributed by atoms with Gasteiger partial charge in [0.25, 0.3) is 0 Å². The molecular weight excluding hydrogens is 276 g/mol. The van der Waals surface area contributed by atoms with Crippen LogP contribution < -0.4 is 11.5 Å². The molecule has 10 heteroatoms. The van der Waals surface area contributed by atoms with Crippen LogP contribution in [0.15, 0.2) is 0 Å². The average Bonchev–Trinajstić information content (AvgIpc) is 2.16. The molecule has 0 amide bonds. The van der Waals surface area contributed by atoms with Gasteiger partial charge in [0.1, 0.15) is 11.3 Å². The minimum absolute atomic E-state index is 1.71. The molecule has 0 fully saturated rings. The van der Waals surface area contributed by atoms with Gasteiger partial charge in [-0.1, -0.05) is 0 Å². The first-order valence-corrected chi connectivity index (χ1v) is 4.09. The van der Waals surface area contributed by atoms with Crippen molar-refractivity contribution < 1.29 is 35.1 Å². The Morgan fingerprint density at radius 2 is 1.00 bits per heavy atom. The lowest BCUT2D eigenvalue weighted by molar-refractivity contribution is -0.163. The summed E-state index contributed by atoms with van der Waals surface area (Å²) in [5, 5.41) is 0. The Balaban J connectivity index is 3.89. The van der Waals surface area contributed by atoms with Crippen molar-refractivity contribution in [2.24, 2.45) is 0 Å². The second-order valence-electron chi connectivity index (χ2n) is 3.20. The summed E-state index contributed by atoms with van der Waals surface area (Å²) in [6.45, 7) is 0. The van der Waals surface area contributed by atoms with Gasteiger partial charge in [0.05, 0.1) is 11.3 Å². The van der Waals surface area contributed by atoms with Gasteiger partial charge in [-0.3, -0.25) is 0 Å². The predicted octanol–water partition coefficient (Wildman–Crippen LogP) is 3.17. The first-order chi connectivity index (χ1) is 7.89. The van der Waals surface area contributed by atoms with E-state index in [2.05, 4.69) is 11.5 Å². The second kappa shape index (κ2) is 3.89. The number of alkyl halides is 6. The summed E-state index contributed by atoms with van der Waals surface area (Å²) in [4.78, 5) is 0. The summed E-state index contributed by atoms with van der Waals surface area (Å²) in [6.07, 6.45) is -11.4. The van der Waals surface area contributed by atoms with E-state index < -0.39 is 46.5 Å². The number of hydrogen-bond acceptors (Lipinski definition) is 2. The first-order valence-electron chi connectivity index (χ1n) is 4.09. The van der Waals surface area contributed by atoms with Crippen molar-refractivity contribution in [2.75, 3.05) is 11.5 Å². The maximum atomic E-state index is 13.1. The standard InChI is InChI=1S/C8H4F8N2/c9-3-1(7(11,12)13)2(8(14,15)16)5(17)4(10)6(3)18/h17-18H2. The van der Waals surface area contributed by atoms with E-state index in [1.54, 1.807) is 0 Å². The molecule has 0 radical (unpaired) electrons. The number of benzene rings is 1. The Bertz CT molecular complexity index is 443. The van der Waals surface area contributed by atoms with E-state index >= 15 is 0 Å². The molecule has 0 unspecified atom stereocenters. The van der Waals surface area contributed by atoms with Gasteiger partial charge in [0.2, 0.25) is 0 Å². The highest BCUT2D eigenvalue weighted by Crippen LogP contribution is 2.47. The van der Waals surface area contributed by atoms with Crippen LogP contribution in [0.25, 0.3) is 0 Å². The number of rotatable bonds is 0. The van der Waals surface area contributed by atoms with Crippen LogP contribution >= 0.6 is 0 Å². The summed E-state index contributed by atoms with van der Waals surface area (Å²) < 4.78 is 100. The fourth-order valence-electron chi connectivity index (χ4n) is 1.29. The highest BCUT2D eigenvalue weighted by atomic mass is 19.4. The number of anilines is 2. The third kappa shape index (κ3) is 2.14. The van der Waals surface area contributed by atoms with E-state index in [-0.39, 0.29) is 0 Å². The van der Waals surface area contributed by atoms with E-state index in [0.29, 0.717) is 0 Å². The van der Waals surface area contributed by atoms with Gasteiger partial charge in [-0.2, -0.15) is 26.3 Å². The molecule has 4 N–H and O–H groups in total. The average molecular weight is 280 g/mol. The van der Waals surface area contributed by atoms with E-state index in [9.17, 15) is 35.1 Å². The first kappa shape index (κ1) is 14.3. The zero-order valence-corrected chi connectivity index (χ0v) is 8.18. The van der Waals surface area contributed by atoms with Crippen molar-refractivity contribution in [3.8, 4) is 0 Å². The monoisotopic (exact) mass is 280 g/mol. The van der Waals surface area contributed by atoms with Crippen molar-refractivity contribution >= 4 is 11.4 Å². The van der Waals surface area contributed by atoms with Crippen LogP contribution in [-0.2, 0) is 12.4 Å². The Kier molecular flexibility index (Phi) is 3.09. The fraction of sp³-hybridized carbons (Fsp3) is 0.250. The summed E-state index contributed by atoms with van der Waals surface area (Å²) in [7, 11) is 0.